The molecule has 2 aromatic carbocycles. The maximum Gasteiger partial charge on any atom is 0.261 e. The zero-order valence-electron chi connectivity index (χ0n) is 19.8. The van der Waals surface area contributed by atoms with E-state index in [-0.39, 0.29) is 24.5 Å². The van der Waals surface area contributed by atoms with Gasteiger partial charge in [-0.3, -0.25) is 9.59 Å². The zero-order valence-corrected chi connectivity index (χ0v) is 19.8. The minimum Gasteiger partial charge on any atom is -0.484 e. The Morgan fingerprint density at radius 1 is 1.06 bits per heavy atom. The largest absolute Gasteiger partial charge is 0.484 e. The first-order valence-electron chi connectivity index (χ1n) is 11.7. The third-order valence-electron chi connectivity index (χ3n) is 6.36. The Morgan fingerprint density at radius 2 is 1.81 bits per heavy atom. The van der Waals surface area contributed by atoms with Gasteiger partial charge in [-0.05, 0) is 68.9 Å². The van der Waals surface area contributed by atoms with E-state index in [1.165, 1.54) is 5.56 Å². The molecule has 2 amide bonds. The molecule has 1 saturated carbocycles. The van der Waals surface area contributed by atoms with Crippen LogP contribution < -0.4 is 10.1 Å². The van der Waals surface area contributed by atoms with E-state index in [0.717, 1.165) is 42.4 Å². The number of amides is 2. The first kappa shape index (κ1) is 23.8. The number of aryl methyl sites for hydroxylation is 3. The van der Waals surface area contributed by atoms with E-state index in [1.54, 1.807) is 4.90 Å². The minimum atomic E-state index is -0.521. The number of rotatable bonds is 9. The van der Waals surface area contributed by atoms with Crippen molar-refractivity contribution in [2.24, 2.45) is 0 Å². The highest BCUT2D eigenvalue weighted by Crippen LogP contribution is 2.20. The number of hydrogen-bond donors (Lipinski definition) is 1. The molecule has 0 bridgehead atoms. The molecule has 0 aliphatic heterocycles. The van der Waals surface area contributed by atoms with Gasteiger partial charge in [0, 0.05) is 12.6 Å². The fourth-order valence-electron chi connectivity index (χ4n) is 4.33. The molecule has 0 radical (unpaired) electrons. The van der Waals surface area contributed by atoms with Gasteiger partial charge in [0.2, 0.25) is 5.91 Å². The lowest BCUT2D eigenvalue weighted by Gasteiger charge is -2.31. The Balaban J connectivity index is 1.76. The van der Waals surface area contributed by atoms with Gasteiger partial charge in [-0.1, -0.05) is 55.7 Å². The maximum atomic E-state index is 13.3. The van der Waals surface area contributed by atoms with Crippen molar-refractivity contribution >= 4 is 11.8 Å². The molecular weight excluding hydrogens is 400 g/mol. The molecule has 0 heterocycles. The standard InChI is InChI=1S/C27H36N2O3/c1-5-25(27(31)28-23-11-6-7-12-23)29(17-22-10-8-9-19(2)15-22)26(30)18-32-24-14-13-20(3)21(4)16-24/h8-10,13-16,23,25H,5-7,11-12,17-18H2,1-4H3,(H,28,31)/t25-/m1/s1. The van der Waals surface area contributed by atoms with Crippen LogP contribution in [0.4, 0.5) is 0 Å². The molecule has 1 atom stereocenters. The van der Waals surface area contributed by atoms with E-state index < -0.39 is 6.04 Å². The number of nitrogens with one attached hydrogen (secondary N) is 1. The highest BCUT2D eigenvalue weighted by Gasteiger charge is 2.30. The van der Waals surface area contributed by atoms with Gasteiger partial charge in [0.15, 0.2) is 6.61 Å². The van der Waals surface area contributed by atoms with Crippen LogP contribution in [0.1, 0.15) is 61.3 Å². The summed E-state index contributed by atoms with van der Waals surface area (Å²) in [6, 6.07) is 13.6. The molecule has 3 rings (SSSR count). The average Bonchev–Trinajstić information content (AvgIpc) is 3.27. The number of hydrogen-bond acceptors (Lipinski definition) is 3. The van der Waals surface area contributed by atoms with Crippen LogP contribution in [0.15, 0.2) is 42.5 Å². The molecule has 1 aliphatic carbocycles. The van der Waals surface area contributed by atoms with Crippen LogP contribution in [0.3, 0.4) is 0 Å². The van der Waals surface area contributed by atoms with E-state index >= 15 is 0 Å². The topological polar surface area (TPSA) is 58.6 Å². The predicted octanol–water partition coefficient (Wildman–Crippen LogP) is 4.86. The fraction of sp³-hybridized carbons (Fsp3) is 0.481. The van der Waals surface area contributed by atoms with Gasteiger partial charge < -0.3 is 15.0 Å². The second-order valence-corrected chi connectivity index (χ2v) is 8.96. The molecule has 0 unspecified atom stereocenters. The summed E-state index contributed by atoms with van der Waals surface area (Å²) >= 11 is 0. The summed E-state index contributed by atoms with van der Waals surface area (Å²) in [6.45, 7) is 8.34. The van der Waals surface area contributed by atoms with E-state index in [2.05, 4.69) is 11.4 Å². The van der Waals surface area contributed by atoms with Gasteiger partial charge in [0.25, 0.3) is 5.91 Å². The summed E-state index contributed by atoms with van der Waals surface area (Å²) in [6.07, 6.45) is 4.89. The van der Waals surface area contributed by atoms with Crippen LogP contribution in [0.25, 0.3) is 0 Å². The van der Waals surface area contributed by atoms with Crippen molar-refractivity contribution in [3.63, 3.8) is 0 Å². The second kappa shape index (κ2) is 11.2. The lowest BCUT2D eigenvalue weighted by molar-refractivity contribution is -0.143. The molecule has 5 heteroatoms. The lowest BCUT2D eigenvalue weighted by atomic mass is 10.1. The van der Waals surface area contributed by atoms with Crippen LogP contribution >= 0.6 is 0 Å². The number of carbonyl (C=O) groups is 2. The lowest BCUT2D eigenvalue weighted by Crippen LogP contribution is -2.52. The van der Waals surface area contributed by atoms with Gasteiger partial charge in [0.1, 0.15) is 11.8 Å². The minimum absolute atomic E-state index is 0.0633. The Labute approximate surface area is 192 Å². The summed E-state index contributed by atoms with van der Waals surface area (Å²) < 4.78 is 5.83. The molecule has 1 aliphatic rings. The summed E-state index contributed by atoms with van der Waals surface area (Å²) in [5.41, 5.74) is 4.44. The first-order valence-corrected chi connectivity index (χ1v) is 11.7. The summed E-state index contributed by atoms with van der Waals surface area (Å²) in [5.74, 6) is 0.421. The first-order chi connectivity index (χ1) is 15.4. The van der Waals surface area contributed by atoms with Gasteiger partial charge in [-0.15, -0.1) is 0 Å². The fourth-order valence-corrected chi connectivity index (χ4v) is 4.33. The van der Waals surface area contributed by atoms with E-state index in [0.29, 0.717) is 18.7 Å². The van der Waals surface area contributed by atoms with Crippen molar-refractivity contribution in [3.05, 3.63) is 64.7 Å². The molecular formula is C27H36N2O3. The van der Waals surface area contributed by atoms with Gasteiger partial charge >= 0.3 is 0 Å². The number of carbonyl (C=O) groups excluding carboxylic acids is 2. The predicted molar refractivity (Wildman–Crippen MR) is 128 cm³/mol. The number of benzene rings is 2. The average molecular weight is 437 g/mol. The summed E-state index contributed by atoms with van der Waals surface area (Å²) in [7, 11) is 0. The van der Waals surface area contributed by atoms with Crippen LogP contribution in [0.2, 0.25) is 0 Å². The van der Waals surface area contributed by atoms with Crippen LogP contribution in [0, 0.1) is 20.8 Å². The third kappa shape index (κ3) is 6.35. The highest BCUT2D eigenvalue weighted by molar-refractivity contribution is 5.88. The van der Waals surface area contributed by atoms with Gasteiger partial charge in [-0.25, -0.2) is 0 Å². The van der Waals surface area contributed by atoms with Crippen molar-refractivity contribution in [3.8, 4) is 5.75 Å². The SMILES string of the molecule is CC[C@H](C(=O)NC1CCCC1)N(Cc1cccc(C)c1)C(=O)COc1ccc(C)c(C)c1. The molecule has 0 saturated heterocycles. The summed E-state index contributed by atoms with van der Waals surface area (Å²) in [4.78, 5) is 28.1. The van der Waals surface area contributed by atoms with Crippen LogP contribution in [-0.2, 0) is 16.1 Å². The van der Waals surface area contributed by atoms with E-state index in [9.17, 15) is 9.59 Å². The van der Waals surface area contributed by atoms with Crippen molar-refractivity contribution in [1.29, 1.82) is 0 Å². The second-order valence-electron chi connectivity index (χ2n) is 8.96. The Bertz CT molecular complexity index is 934. The number of ether oxygens (including phenoxy) is 1. The van der Waals surface area contributed by atoms with Gasteiger partial charge in [0.05, 0.1) is 0 Å². The van der Waals surface area contributed by atoms with Crippen LogP contribution in [-0.4, -0.2) is 35.4 Å². The van der Waals surface area contributed by atoms with E-state index in [1.807, 2.05) is 64.1 Å². The molecule has 1 N–H and O–H groups in total. The van der Waals surface area contributed by atoms with Crippen molar-refractivity contribution in [2.45, 2.75) is 78.4 Å². The normalized spacial score (nSPS) is 14.8. The van der Waals surface area contributed by atoms with Crippen molar-refractivity contribution in [1.82, 2.24) is 10.2 Å². The zero-order chi connectivity index (χ0) is 23.1. The number of nitrogens with zero attached hydrogens (tertiary/aromatic N) is 1. The molecule has 0 aromatic heterocycles. The van der Waals surface area contributed by atoms with Crippen molar-refractivity contribution in [2.75, 3.05) is 6.61 Å². The molecule has 32 heavy (non-hydrogen) atoms. The smallest absolute Gasteiger partial charge is 0.261 e. The third-order valence-corrected chi connectivity index (χ3v) is 6.36. The molecule has 0 spiro atoms. The maximum absolute atomic E-state index is 13.3. The quantitative estimate of drug-likeness (QED) is 0.611. The summed E-state index contributed by atoms with van der Waals surface area (Å²) in [5, 5.41) is 3.18. The van der Waals surface area contributed by atoms with E-state index in [4.69, 9.17) is 4.74 Å². The molecule has 172 valence electrons. The Hall–Kier alpha value is -2.82. The molecule has 2 aromatic rings. The highest BCUT2D eigenvalue weighted by atomic mass is 16.5. The molecule has 5 nitrogen and oxygen atoms in total. The monoisotopic (exact) mass is 436 g/mol. The van der Waals surface area contributed by atoms with Crippen LogP contribution in [0.5, 0.6) is 5.75 Å². The van der Waals surface area contributed by atoms with Gasteiger partial charge in [-0.2, -0.15) is 0 Å². The van der Waals surface area contributed by atoms with Crippen molar-refractivity contribution < 1.29 is 14.3 Å². The molecule has 1 fully saturated rings. The Kier molecular flexibility index (Phi) is 8.32. The Morgan fingerprint density at radius 3 is 2.47 bits per heavy atom.